The van der Waals surface area contributed by atoms with Gasteiger partial charge in [-0.2, -0.15) is 0 Å². The van der Waals surface area contributed by atoms with E-state index in [1.807, 2.05) is 84.9 Å². The molecule has 0 saturated carbocycles. The largest absolute Gasteiger partial charge is 0.497 e. The first-order chi connectivity index (χ1) is 15.1. The van der Waals surface area contributed by atoms with Crippen LogP contribution in [0.5, 0.6) is 5.75 Å². The Morgan fingerprint density at radius 2 is 1.61 bits per heavy atom. The second-order valence-corrected chi connectivity index (χ2v) is 7.54. The fourth-order valence-electron chi connectivity index (χ4n) is 4.14. The van der Waals surface area contributed by atoms with Crippen LogP contribution in [0.1, 0.15) is 17.0 Å². The molecule has 1 amide bonds. The first-order valence-corrected chi connectivity index (χ1v) is 10.2. The van der Waals surface area contributed by atoms with E-state index in [9.17, 15) is 9.90 Å². The van der Waals surface area contributed by atoms with Gasteiger partial charge < -0.3 is 9.84 Å². The molecule has 4 heteroatoms. The highest BCUT2D eigenvalue weighted by molar-refractivity contribution is 6.10. The number of benzene rings is 3. The van der Waals surface area contributed by atoms with Crippen molar-refractivity contribution in [3.63, 3.8) is 0 Å². The number of hydrogen-bond acceptors (Lipinski definition) is 3. The van der Waals surface area contributed by atoms with Crippen LogP contribution in [0.3, 0.4) is 0 Å². The molecule has 0 radical (unpaired) electrons. The lowest BCUT2D eigenvalue weighted by molar-refractivity contribution is -0.152. The Hall–Kier alpha value is -3.63. The topological polar surface area (TPSA) is 49.8 Å². The molecular formula is C27H25NO3. The highest BCUT2D eigenvalue weighted by atomic mass is 16.5. The molecule has 0 aromatic heterocycles. The first-order valence-electron chi connectivity index (χ1n) is 10.2. The summed E-state index contributed by atoms with van der Waals surface area (Å²) in [5.41, 5.74) is 0.914. The first kappa shape index (κ1) is 20.6. The van der Waals surface area contributed by atoms with E-state index in [0.29, 0.717) is 11.4 Å². The number of β-lactam (4-membered cyclic amide) rings is 1. The quantitative estimate of drug-likeness (QED) is 0.448. The van der Waals surface area contributed by atoms with E-state index in [4.69, 9.17) is 4.74 Å². The number of methoxy groups -OCH3 is 1. The SMILES string of the molecule is C=C[C@H](c1ccccc1)[C@@]1(O)C(=O)N(c2ccc(OC)cc2)[C@@H]1/C=C/c1ccccc1. The third kappa shape index (κ3) is 3.66. The van der Waals surface area contributed by atoms with Gasteiger partial charge in [0.2, 0.25) is 0 Å². The highest BCUT2D eigenvalue weighted by Crippen LogP contribution is 2.46. The Labute approximate surface area is 182 Å². The highest BCUT2D eigenvalue weighted by Gasteiger charge is 2.63. The second-order valence-electron chi connectivity index (χ2n) is 7.54. The monoisotopic (exact) mass is 411 g/mol. The maximum atomic E-state index is 13.4. The Morgan fingerprint density at radius 3 is 2.19 bits per heavy atom. The van der Waals surface area contributed by atoms with Gasteiger partial charge in [-0.15, -0.1) is 6.58 Å². The summed E-state index contributed by atoms with van der Waals surface area (Å²) in [6, 6.07) is 26.0. The van der Waals surface area contributed by atoms with E-state index in [-0.39, 0.29) is 5.91 Å². The van der Waals surface area contributed by atoms with Gasteiger partial charge in [-0.1, -0.05) is 78.9 Å². The van der Waals surface area contributed by atoms with Crippen LogP contribution in [0.2, 0.25) is 0 Å². The van der Waals surface area contributed by atoms with Gasteiger partial charge in [0.15, 0.2) is 5.60 Å². The predicted octanol–water partition coefficient (Wildman–Crippen LogP) is 4.82. The zero-order valence-corrected chi connectivity index (χ0v) is 17.4. The summed E-state index contributed by atoms with van der Waals surface area (Å²) in [5.74, 6) is -0.188. The summed E-state index contributed by atoms with van der Waals surface area (Å²) < 4.78 is 5.23. The van der Waals surface area contributed by atoms with Crippen molar-refractivity contribution in [1.82, 2.24) is 0 Å². The van der Waals surface area contributed by atoms with Gasteiger partial charge >= 0.3 is 0 Å². The van der Waals surface area contributed by atoms with Crippen LogP contribution in [0, 0.1) is 0 Å². The van der Waals surface area contributed by atoms with Gasteiger partial charge in [-0.25, -0.2) is 0 Å². The molecule has 3 aromatic carbocycles. The number of carbonyl (C=O) groups excluding carboxylic acids is 1. The second kappa shape index (κ2) is 8.62. The van der Waals surface area contributed by atoms with Crippen molar-refractivity contribution in [1.29, 1.82) is 0 Å². The molecule has 3 aromatic rings. The predicted molar refractivity (Wildman–Crippen MR) is 124 cm³/mol. The molecule has 1 N–H and O–H groups in total. The smallest absolute Gasteiger partial charge is 0.263 e. The van der Waals surface area contributed by atoms with Crippen molar-refractivity contribution in [2.75, 3.05) is 12.0 Å². The minimum absolute atomic E-state index is 0.353. The molecule has 1 aliphatic heterocycles. The number of rotatable bonds is 7. The van der Waals surface area contributed by atoms with Gasteiger partial charge in [0.25, 0.3) is 5.91 Å². The number of aliphatic hydroxyl groups is 1. The molecule has 0 bridgehead atoms. The minimum Gasteiger partial charge on any atom is -0.497 e. The Morgan fingerprint density at radius 1 is 1.00 bits per heavy atom. The molecule has 4 rings (SSSR count). The lowest BCUT2D eigenvalue weighted by Gasteiger charge is -2.54. The molecule has 1 aliphatic rings. The van der Waals surface area contributed by atoms with E-state index in [1.54, 1.807) is 30.2 Å². The van der Waals surface area contributed by atoms with E-state index in [2.05, 4.69) is 6.58 Å². The summed E-state index contributed by atoms with van der Waals surface area (Å²) >= 11 is 0. The van der Waals surface area contributed by atoms with Crippen molar-refractivity contribution >= 4 is 17.7 Å². The van der Waals surface area contributed by atoms with E-state index in [1.165, 1.54) is 0 Å². The molecule has 0 spiro atoms. The Kier molecular flexibility index (Phi) is 5.74. The molecular weight excluding hydrogens is 386 g/mol. The summed E-state index contributed by atoms with van der Waals surface area (Å²) in [4.78, 5) is 15.0. The zero-order valence-electron chi connectivity index (χ0n) is 17.4. The molecule has 156 valence electrons. The fraction of sp³-hybridized carbons (Fsp3) is 0.148. The van der Waals surface area contributed by atoms with Gasteiger partial charge in [0, 0.05) is 11.6 Å². The Balaban J connectivity index is 1.75. The summed E-state index contributed by atoms with van der Waals surface area (Å²) in [5, 5.41) is 11.7. The van der Waals surface area contributed by atoms with Crippen LogP contribution in [-0.4, -0.2) is 29.8 Å². The van der Waals surface area contributed by atoms with Crippen molar-refractivity contribution in [3.05, 3.63) is 115 Å². The average Bonchev–Trinajstić information content (AvgIpc) is 2.83. The van der Waals surface area contributed by atoms with Crippen LogP contribution in [0.25, 0.3) is 6.08 Å². The molecule has 31 heavy (non-hydrogen) atoms. The van der Waals surface area contributed by atoms with Crippen LogP contribution in [-0.2, 0) is 4.79 Å². The molecule has 1 saturated heterocycles. The Bertz CT molecular complexity index is 1080. The van der Waals surface area contributed by atoms with Crippen molar-refractivity contribution in [2.45, 2.75) is 17.6 Å². The molecule has 3 atom stereocenters. The number of amides is 1. The number of hydrogen-bond donors (Lipinski definition) is 1. The lowest BCUT2D eigenvalue weighted by Crippen LogP contribution is -2.75. The summed E-state index contributed by atoms with van der Waals surface area (Å²) in [7, 11) is 1.60. The van der Waals surface area contributed by atoms with E-state index < -0.39 is 17.6 Å². The lowest BCUT2D eigenvalue weighted by atomic mass is 9.69. The van der Waals surface area contributed by atoms with Gasteiger partial charge in [0.1, 0.15) is 5.75 Å². The standard InChI is InChI=1S/C27H25NO3/c1-3-24(21-12-8-5-9-13-21)27(30)25(19-14-20-10-6-4-7-11-20)28(26(27)29)22-15-17-23(31-2)18-16-22/h3-19,24-25,30H,1H2,2H3/b19-14+/t24-,25-,27+/m1/s1. The number of anilines is 1. The molecule has 0 unspecified atom stereocenters. The number of ether oxygens (including phenoxy) is 1. The van der Waals surface area contributed by atoms with Crippen LogP contribution in [0.15, 0.2) is 104 Å². The van der Waals surface area contributed by atoms with E-state index >= 15 is 0 Å². The van der Waals surface area contributed by atoms with Crippen LogP contribution >= 0.6 is 0 Å². The summed E-state index contributed by atoms with van der Waals surface area (Å²) in [6.07, 6.45) is 5.48. The van der Waals surface area contributed by atoms with Gasteiger partial charge in [-0.3, -0.25) is 9.69 Å². The van der Waals surface area contributed by atoms with Gasteiger partial charge in [0.05, 0.1) is 13.2 Å². The molecule has 1 heterocycles. The average molecular weight is 412 g/mol. The van der Waals surface area contributed by atoms with Crippen LogP contribution < -0.4 is 9.64 Å². The minimum atomic E-state index is -1.63. The van der Waals surface area contributed by atoms with Gasteiger partial charge in [-0.05, 0) is 35.4 Å². The maximum absolute atomic E-state index is 13.4. The van der Waals surface area contributed by atoms with Crippen molar-refractivity contribution in [3.8, 4) is 5.75 Å². The van der Waals surface area contributed by atoms with Crippen molar-refractivity contribution < 1.29 is 14.6 Å². The van der Waals surface area contributed by atoms with Crippen LogP contribution in [0.4, 0.5) is 5.69 Å². The number of nitrogens with zero attached hydrogens (tertiary/aromatic N) is 1. The third-order valence-corrected chi connectivity index (χ3v) is 5.78. The fourth-order valence-corrected chi connectivity index (χ4v) is 4.14. The maximum Gasteiger partial charge on any atom is 0.263 e. The molecule has 1 fully saturated rings. The normalized spacial score (nSPS) is 21.5. The van der Waals surface area contributed by atoms with E-state index in [0.717, 1.165) is 11.1 Å². The third-order valence-electron chi connectivity index (χ3n) is 5.78. The molecule has 4 nitrogen and oxygen atoms in total. The molecule has 0 aliphatic carbocycles. The zero-order chi connectivity index (χ0) is 21.8. The number of carbonyl (C=O) groups is 1. The van der Waals surface area contributed by atoms with Crippen molar-refractivity contribution in [2.24, 2.45) is 0 Å². The summed E-state index contributed by atoms with van der Waals surface area (Å²) in [6.45, 7) is 3.92.